The number of carbonyl (C=O) groups excluding carboxylic acids is 1. The van der Waals surface area contributed by atoms with Crippen molar-refractivity contribution in [1.29, 1.82) is 0 Å². The van der Waals surface area contributed by atoms with Crippen LogP contribution in [0.2, 0.25) is 0 Å². The highest BCUT2D eigenvalue weighted by Gasteiger charge is 2.10. The first-order valence-electron chi connectivity index (χ1n) is 9.32. The minimum absolute atomic E-state index is 0.222. The molecule has 148 valence electrons. The predicted octanol–water partition coefficient (Wildman–Crippen LogP) is 5.20. The summed E-state index contributed by atoms with van der Waals surface area (Å²) in [6.45, 7) is 0. The van der Waals surface area contributed by atoms with Crippen LogP contribution in [0.15, 0.2) is 91.3 Å². The number of aromatic nitrogens is 2. The van der Waals surface area contributed by atoms with Crippen molar-refractivity contribution in [2.45, 2.75) is 0 Å². The largest absolute Gasteiger partial charge is 0.497 e. The van der Waals surface area contributed by atoms with E-state index in [0.29, 0.717) is 34.3 Å². The third-order valence-electron chi connectivity index (χ3n) is 4.36. The van der Waals surface area contributed by atoms with Crippen molar-refractivity contribution in [3.63, 3.8) is 0 Å². The smallest absolute Gasteiger partial charge is 0.255 e. The summed E-state index contributed by atoms with van der Waals surface area (Å²) in [5.74, 6) is 1.57. The first-order valence-corrected chi connectivity index (χ1v) is 9.32. The number of benzene rings is 3. The minimum atomic E-state index is -0.222. The van der Waals surface area contributed by atoms with Crippen LogP contribution in [-0.2, 0) is 0 Å². The average molecular weight is 397 g/mol. The van der Waals surface area contributed by atoms with Gasteiger partial charge in [0.05, 0.1) is 12.8 Å². The number of nitrogens with one attached hydrogen (secondary N) is 1. The molecule has 0 unspecified atom stereocenters. The molecular weight excluding hydrogens is 378 g/mol. The van der Waals surface area contributed by atoms with E-state index in [2.05, 4.69) is 15.3 Å². The zero-order valence-electron chi connectivity index (χ0n) is 16.3. The van der Waals surface area contributed by atoms with Crippen LogP contribution in [0.5, 0.6) is 17.4 Å². The molecule has 4 aromatic rings. The Kier molecular flexibility index (Phi) is 5.66. The van der Waals surface area contributed by atoms with Crippen LogP contribution in [0.25, 0.3) is 11.3 Å². The Morgan fingerprint density at radius 1 is 0.833 bits per heavy atom. The number of hydrogen-bond donors (Lipinski definition) is 1. The number of para-hydroxylation sites is 1. The lowest BCUT2D eigenvalue weighted by Crippen LogP contribution is -2.11. The minimum Gasteiger partial charge on any atom is -0.497 e. The van der Waals surface area contributed by atoms with Gasteiger partial charge in [0.15, 0.2) is 0 Å². The van der Waals surface area contributed by atoms with E-state index < -0.39 is 0 Å². The lowest BCUT2D eigenvalue weighted by Gasteiger charge is -2.09. The second-order valence-electron chi connectivity index (χ2n) is 6.42. The molecule has 1 aromatic heterocycles. The van der Waals surface area contributed by atoms with E-state index in [1.165, 1.54) is 6.33 Å². The Balaban J connectivity index is 1.54. The number of hydrogen-bond acceptors (Lipinski definition) is 5. The number of carbonyl (C=O) groups is 1. The summed E-state index contributed by atoms with van der Waals surface area (Å²) in [5, 5.41) is 2.88. The van der Waals surface area contributed by atoms with Crippen molar-refractivity contribution in [1.82, 2.24) is 9.97 Å². The summed E-state index contributed by atoms with van der Waals surface area (Å²) in [6, 6.07) is 25.6. The third kappa shape index (κ3) is 4.62. The Morgan fingerprint density at radius 2 is 1.63 bits per heavy atom. The Labute approximate surface area is 174 Å². The second-order valence-corrected chi connectivity index (χ2v) is 6.42. The molecule has 4 rings (SSSR count). The van der Waals surface area contributed by atoms with Gasteiger partial charge in [0, 0.05) is 28.9 Å². The number of rotatable bonds is 6. The van der Waals surface area contributed by atoms with Crippen molar-refractivity contribution >= 4 is 11.6 Å². The van der Waals surface area contributed by atoms with Crippen molar-refractivity contribution in [2.75, 3.05) is 12.4 Å². The summed E-state index contributed by atoms with van der Waals surface area (Å²) >= 11 is 0. The summed E-state index contributed by atoms with van der Waals surface area (Å²) < 4.78 is 11.0. The van der Waals surface area contributed by atoms with Gasteiger partial charge in [0.2, 0.25) is 5.88 Å². The third-order valence-corrected chi connectivity index (χ3v) is 4.36. The molecule has 0 aliphatic rings. The first kappa shape index (κ1) is 19.1. The monoisotopic (exact) mass is 397 g/mol. The number of anilines is 1. The summed E-state index contributed by atoms with van der Waals surface area (Å²) in [6.07, 6.45) is 1.44. The molecule has 3 aromatic carbocycles. The van der Waals surface area contributed by atoms with Gasteiger partial charge in [0.25, 0.3) is 5.91 Å². The second kappa shape index (κ2) is 8.87. The van der Waals surface area contributed by atoms with Gasteiger partial charge in [-0.3, -0.25) is 4.79 Å². The van der Waals surface area contributed by atoms with Crippen molar-refractivity contribution in [2.24, 2.45) is 0 Å². The number of nitrogens with zero attached hydrogens (tertiary/aromatic N) is 2. The highest BCUT2D eigenvalue weighted by atomic mass is 16.5. The number of methoxy groups -OCH3 is 1. The predicted molar refractivity (Wildman–Crippen MR) is 115 cm³/mol. The van der Waals surface area contributed by atoms with E-state index in [1.807, 2.05) is 60.7 Å². The quantitative estimate of drug-likeness (QED) is 0.484. The van der Waals surface area contributed by atoms with Gasteiger partial charge in [-0.15, -0.1) is 0 Å². The molecule has 0 bridgehead atoms. The van der Waals surface area contributed by atoms with Crippen LogP contribution >= 0.6 is 0 Å². The van der Waals surface area contributed by atoms with Gasteiger partial charge < -0.3 is 14.8 Å². The Bertz CT molecular complexity index is 1160. The highest BCUT2D eigenvalue weighted by molar-refractivity contribution is 6.05. The van der Waals surface area contributed by atoms with E-state index in [9.17, 15) is 4.79 Å². The van der Waals surface area contributed by atoms with Gasteiger partial charge in [-0.05, 0) is 36.4 Å². The maximum atomic E-state index is 12.7. The van der Waals surface area contributed by atoms with Crippen LogP contribution in [-0.4, -0.2) is 23.0 Å². The Morgan fingerprint density at radius 3 is 2.47 bits per heavy atom. The molecule has 0 fully saturated rings. The molecule has 6 nitrogen and oxygen atoms in total. The van der Waals surface area contributed by atoms with Gasteiger partial charge >= 0.3 is 0 Å². The average Bonchev–Trinajstić information content (AvgIpc) is 2.80. The molecule has 0 aliphatic heterocycles. The van der Waals surface area contributed by atoms with Crippen molar-refractivity contribution in [3.8, 4) is 28.6 Å². The van der Waals surface area contributed by atoms with Crippen LogP contribution in [0.1, 0.15) is 10.4 Å². The molecular formula is C24H19N3O3. The molecule has 0 saturated carbocycles. The van der Waals surface area contributed by atoms with E-state index in [-0.39, 0.29) is 5.91 Å². The highest BCUT2D eigenvalue weighted by Crippen LogP contribution is 2.25. The molecule has 0 saturated heterocycles. The molecule has 0 radical (unpaired) electrons. The Hall–Kier alpha value is -4.19. The fraction of sp³-hybridized carbons (Fsp3) is 0.0417. The molecule has 1 heterocycles. The van der Waals surface area contributed by atoms with E-state index in [4.69, 9.17) is 9.47 Å². The molecule has 0 spiro atoms. The van der Waals surface area contributed by atoms with Gasteiger partial charge in [-0.1, -0.05) is 36.4 Å². The first-order chi connectivity index (χ1) is 14.7. The zero-order chi connectivity index (χ0) is 20.8. The van der Waals surface area contributed by atoms with Crippen molar-refractivity contribution < 1.29 is 14.3 Å². The lowest BCUT2D eigenvalue weighted by molar-refractivity contribution is 0.102. The maximum Gasteiger partial charge on any atom is 0.255 e. The fourth-order valence-corrected chi connectivity index (χ4v) is 2.89. The van der Waals surface area contributed by atoms with Crippen molar-refractivity contribution in [3.05, 3.63) is 96.8 Å². The lowest BCUT2D eigenvalue weighted by atomic mass is 10.1. The molecule has 1 amide bonds. The zero-order valence-corrected chi connectivity index (χ0v) is 16.3. The van der Waals surface area contributed by atoms with E-state index in [0.717, 1.165) is 5.56 Å². The molecule has 0 aliphatic carbocycles. The van der Waals surface area contributed by atoms with Gasteiger partial charge in [-0.2, -0.15) is 0 Å². The topological polar surface area (TPSA) is 73.3 Å². The van der Waals surface area contributed by atoms with Crippen LogP contribution < -0.4 is 14.8 Å². The molecule has 1 N–H and O–H groups in total. The van der Waals surface area contributed by atoms with Crippen LogP contribution in [0.4, 0.5) is 5.69 Å². The number of amides is 1. The fourth-order valence-electron chi connectivity index (χ4n) is 2.89. The molecule has 6 heteroatoms. The summed E-state index contributed by atoms with van der Waals surface area (Å²) in [7, 11) is 1.59. The van der Waals surface area contributed by atoms with Gasteiger partial charge in [0.1, 0.15) is 17.8 Å². The normalized spacial score (nSPS) is 10.3. The van der Waals surface area contributed by atoms with E-state index in [1.54, 1.807) is 31.4 Å². The standard InChI is InChI=1S/C24H19N3O3/c1-29-21-12-6-9-19(14-21)27-24(28)18-8-5-7-17(13-18)22-15-23(26-16-25-22)30-20-10-3-2-4-11-20/h2-16H,1H3,(H,27,28). The maximum absolute atomic E-state index is 12.7. The SMILES string of the molecule is COc1cccc(NC(=O)c2cccc(-c3cc(Oc4ccccc4)ncn3)c2)c1. The summed E-state index contributed by atoms with van der Waals surface area (Å²) in [4.78, 5) is 21.2. The van der Waals surface area contributed by atoms with E-state index >= 15 is 0 Å². The molecule has 0 atom stereocenters. The van der Waals surface area contributed by atoms with Crippen LogP contribution in [0, 0.1) is 0 Å². The van der Waals surface area contributed by atoms with Crippen LogP contribution in [0.3, 0.4) is 0 Å². The van der Waals surface area contributed by atoms with Gasteiger partial charge in [-0.25, -0.2) is 9.97 Å². The summed E-state index contributed by atoms with van der Waals surface area (Å²) in [5.41, 5.74) is 2.62. The molecule has 30 heavy (non-hydrogen) atoms. The number of ether oxygens (including phenoxy) is 2.